The van der Waals surface area contributed by atoms with E-state index in [1.807, 2.05) is 37.0 Å². The zero-order valence-electron chi connectivity index (χ0n) is 17.7. The summed E-state index contributed by atoms with van der Waals surface area (Å²) in [6.45, 7) is 0. The normalized spacial score (nSPS) is 10.8. The predicted molar refractivity (Wildman–Crippen MR) is 131 cm³/mol. The van der Waals surface area contributed by atoms with Gasteiger partial charge in [-0.05, 0) is 46.9 Å². The monoisotopic (exact) mass is 563 g/mol. The van der Waals surface area contributed by atoms with Crippen molar-refractivity contribution in [3.8, 4) is 23.0 Å². The number of ether oxygens (including phenoxy) is 2. The quantitative estimate of drug-likeness (QED) is 0.239. The molecule has 0 bridgehead atoms. The van der Waals surface area contributed by atoms with E-state index in [1.54, 1.807) is 43.6 Å². The van der Waals surface area contributed by atoms with Crippen LogP contribution in [0.3, 0.4) is 0 Å². The number of aryl methyl sites for hydroxylation is 2. The molecule has 0 aliphatic heterocycles. The van der Waals surface area contributed by atoms with Gasteiger partial charge >= 0.3 is 0 Å². The first-order valence-corrected chi connectivity index (χ1v) is 10.9. The lowest BCUT2D eigenvalue weighted by atomic mass is 10.1. The van der Waals surface area contributed by atoms with E-state index in [0.717, 1.165) is 36.8 Å². The van der Waals surface area contributed by atoms with Crippen molar-refractivity contribution in [1.82, 2.24) is 34.5 Å². The van der Waals surface area contributed by atoms with Crippen molar-refractivity contribution in [3.05, 3.63) is 51.7 Å². The first-order chi connectivity index (χ1) is 15.4. The van der Waals surface area contributed by atoms with Gasteiger partial charge in [0.05, 0.1) is 36.0 Å². The minimum absolute atomic E-state index is 0.430. The molecule has 0 amide bonds. The van der Waals surface area contributed by atoms with E-state index in [9.17, 15) is 0 Å². The van der Waals surface area contributed by atoms with Crippen LogP contribution in [-0.2, 0) is 14.1 Å². The van der Waals surface area contributed by atoms with Crippen LogP contribution in [0.5, 0.6) is 11.8 Å². The molecule has 0 aromatic carbocycles. The molecule has 32 heavy (non-hydrogen) atoms. The van der Waals surface area contributed by atoms with Gasteiger partial charge in [0, 0.05) is 38.2 Å². The van der Waals surface area contributed by atoms with E-state index in [-0.39, 0.29) is 0 Å². The summed E-state index contributed by atoms with van der Waals surface area (Å²) in [6.07, 6.45) is 5.08. The molecule has 0 radical (unpaired) electrons. The highest BCUT2D eigenvalue weighted by molar-refractivity contribution is 14.1. The Kier molecular flexibility index (Phi) is 6.42. The van der Waals surface area contributed by atoms with Crippen LogP contribution in [0.15, 0.2) is 42.9 Å². The minimum Gasteiger partial charge on any atom is -0.480 e. The van der Waals surface area contributed by atoms with Gasteiger partial charge in [-0.1, -0.05) is 11.6 Å². The van der Waals surface area contributed by atoms with Crippen molar-refractivity contribution < 1.29 is 9.47 Å². The van der Waals surface area contributed by atoms with E-state index in [2.05, 4.69) is 47.7 Å². The number of hydrogen-bond acceptors (Lipinski definition) is 7. The minimum atomic E-state index is 0.430. The topological polar surface area (TPSA) is 92.8 Å². The second kappa shape index (κ2) is 9.25. The van der Waals surface area contributed by atoms with Crippen molar-refractivity contribution in [2.45, 2.75) is 0 Å². The van der Waals surface area contributed by atoms with Crippen LogP contribution in [0, 0.1) is 3.70 Å². The average molecular weight is 564 g/mol. The molecule has 164 valence electrons. The molecule has 0 fully saturated rings. The van der Waals surface area contributed by atoms with Gasteiger partial charge in [0.1, 0.15) is 14.5 Å². The van der Waals surface area contributed by atoms with Crippen LogP contribution in [0.4, 0.5) is 0 Å². The Morgan fingerprint density at radius 1 is 0.812 bits per heavy atom. The summed E-state index contributed by atoms with van der Waals surface area (Å²) >= 11 is 8.11. The van der Waals surface area contributed by atoms with Crippen LogP contribution < -0.4 is 9.47 Å². The summed E-state index contributed by atoms with van der Waals surface area (Å²) in [5, 5.41) is 11.1. The Bertz CT molecular complexity index is 1420. The lowest BCUT2D eigenvalue weighted by molar-refractivity contribution is 0.403. The van der Waals surface area contributed by atoms with Gasteiger partial charge in [0.15, 0.2) is 0 Å². The number of nitrogens with zero attached hydrogens (tertiary/aromatic N) is 7. The largest absolute Gasteiger partial charge is 0.480 e. The van der Waals surface area contributed by atoms with Gasteiger partial charge in [-0.3, -0.25) is 9.36 Å². The molecular formula is C21H19ClIN7O2. The second-order valence-corrected chi connectivity index (χ2v) is 8.09. The van der Waals surface area contributed by atoms with Crippen molar-refractivity contribution in [2.75, 3.05) is 14.2 Å². The zero-order valence-corrected chi connectivity index (χ0v) is 20.7. The summed E-state index contributed by atoms with van der Waals surface area (Å²) < 4.78 is 15.0. The van der Waals surface area contributed by atoms with Gasteiger partial charge < -0.3 is 9.47 Å². The molecule has 0 aliphatic rings. The summed E-state index contributed by atoms with van der Waals surface area (Å²) in [5.74, 6) is 1.18. The zero-order chi connectivity index (χ0) is 22.8. The van der Waals surface area contributed by atoms with Gasteiger partial charge in [-0.15, -0.1) is 0 Å². The molecule has 0 saturated carbocycles. The van der Waals surface area contributed by atoms with E-state index in [0.29, 0.717) is 16.9 Å². The highest BCUT2D eigenvalue weighted by Gasteiger charge is 2.16. The standard InChI is InChI=1S/C13H11ClN4O.C8H8IN3O/c1-18-9-4-6-16-13(19-2)11(9)12(17-18)8-3-5-15-10(14)7-8;1-12-5-3-4-10-8(13-2)6(5)7(9)11-12/h3-7H,1-2H3;3-4H,1-2H3. The van der Waals surface area contributed by atoms with Gasteiger partial charge in [-0.2, -0.15) is 10.2 Å². The number of fused-ring (bicyclic) bond motifs is 2. The maximum atomic E-state index is 5.93. The average Bonchev–Trinajstić information content (AvgIpc) is 3.30. The van der Waals surface area contributed by atoms with Crippen LogP contribution in [-0.4, -0.2) is 48.7 Å². The number of halogens is 2. The molecule has 0 N–H and O–H groups in total. The third-order valence-corrected chi connectivity index (χ3v) is 5.77. The van der Waals surface area contributed by atoms with Gasteiger partial charge in [0.2, 0.25) is 11.8 Å². The molecule has 0 unspecified atom stereocenters. The molecule has 5 rings (SSSR count). The Hall–Kier alpha value is -2.99. The van der Waals surface area contributed by atoms with Crippen LogP contribution in [0.2, 0.25) is 5.15 Å². The predicted octanol–water partition coefficient (Wildman–Crippen LogP) is 4.27. The van der Waals surface area contributed by atoms with E-state index < -0.39 is 0 Å². The number of aromatic nitrogens is 7. The number of pyridine rings is 3. The molecule has 5 heterocycles. The number of rotatable bonds is 3. The fourth-order valence-corrected chi connectivity index (χ4v) is 4.38. The molecular weight excluding hydrogens is 545 g/mol. The van der Waals surface area contributed by atoms with E-state index in [1.165, 1.54) is 0 Å². The van der Waals surface area contributed by atoms with Gasteiger partial charge in [0.25, 0.3) is 0 Å². The Morgan fingerprint density at radius 2 is 1.38 bits per heavy atom. The molecule has 11 heteroatoms. The Labute approximate surface area is 202 Å². The van der Waals surface area contributed by atoms with E-state index >= 15 is 0 Å². The SMILES string of the molecule is COc1nccc2c1c(-c1ccnc(Cl)c1)nn2C.COc1nccc2c1c(I)nn2C. The fraction of sp³-hybridized carbons (Fsp3) is 0.190. The molecule has 5 aromatic rings. The molecule has 0 atom stereocenters. The molecule has 0 aliphatic carbocycles. The number of methoxy groups -OCH3 is 2. The number of hydrogen-bond donors (Lipinski definition) is 0. The Morgan fingerprint density at radius 3 is 2.00 bits per heavy atom. The maximum Gasteiger partial charge on any atom is 0.225 e. The molecule has 9 nitrogen and oxygen atoms in total. The van der Waals surface area contributed by atoms with Crippen molar-refractivity contribution >= 4 is 56.0 Å². The Balaban J connectivity index is 0.000000165. The van der Waals surface area contributed by atoms with Crippen LogP contribution in [0.25, 0.3) is 33.1 Å². The van der Waals surface area contributed by atoms with Crippen LogP contribution in [0.1, 0.15) is 0 Å². The second-order valence-electron chi connectivity index (χ2n) is 6.68. The lowest BCUT2D eigenvalue weighted by Crippen LogP contribution is -1.90. The summed E-state index contributed by atoms with van der Waals surface area (Å²) in [4.78, 5) is 12.3. The highest BCUT2D eigenvalue weighted by Crippen LogP contribution is 2.33. The van der Waals surface area contributed by atoms with Crippen molar-refractivity contribution in [3.63, 3.8) is 0 Å². The third kappa shape index (κ3) is 4.07. The van der Waals surface area contributed by atoms with Crippen molar-refractivity contribution in [1.29, 1.82) is 0 Å². The molecule has 0 saturated heterocycles. The first-order valence-electron chi connectivity index (χ1n) is 9.43. The summed E-state index contributed by atoms with van der Waals surface area (Å²) in [6, 6.07) is 7.46. The van der Waals surface area contributed by atoms with E-state index in [4.69, 9.17) is 21.1 Å². The van der Waals surface area contributed by atoms with Gasteiger partial charge in [-0.25, -0.2) is 15.0 Å². The smallest absolute Gasteiger partial charge is 0.225 e. The molecule has 5 aromatic heterocycles. The summed E-state index contributed by atoms with van der Waals surface area (Å²) in [5.41, 5.74) is 3.66. The fourth-order valence-electron chi connectivity index (χ4n) is 3.37. The maximum absolute atomic E-state index is 5.93. The third-order valence-electron chi connectivity index (χ3n) is 4.80. The molecule has 0 spiro atoms. The lowest BCUT2D eigenvalue weighted by Gasteiger charge is -2.02. The highest BCUT2D eigenvalue weighted by atomic mass is 127. The summed E-state index contributed by atoms with van der Waals surface area (Å²) in [7, 11) is 7.00. The first kappa shape index (κ1) is 22.2. The van der Waals surface area contributed by atoms with Crippen molar-refractivity contribution in [2.24, 2.45) is 14.1 Å². The van der Waals surface area contributed by atoms with Crippen LogP contribution >= 0.6 is 34.2 Å².